The molecule has 0 bridgehead atoms. The predicted octanol–water partition coefficient (Wildman–Crippen LogP) is 4.75. The van der Waals surface area contributed by atoms with Crippen molar-refractivity contribution in [1.82, 2.24) is 0 Å². The summed E-state index contributed by atoms with van der Waals surface area (Å²) < 4.78 is 0. The second kappa shape index (κ2) is 4.89. The Hall–Kier alpha value is -1.90. The van der Waals surface area contributed by atoms with Gasteiger partial charge in [-0.15, -0.1) is 0 Å². The van der Waals surface area contributed by atoms with E-state index in [4.69, 9.17) is 23.2 Å². The second-order valence-corrected chi connectivity index (χ2v) is 5.11. The lowest BCUT2D eigenvalue weighted by Gasteiger charge is -2.09. The normalized spacial score (nSPS) is 10.9. The second-order valence-electron chi connectivity index (χ2n) is 4.42. The van der Waals surface area contributed by atoms with Crippen LogP contribution in [0.25, 0.3) is 21.5 Å². The van der Waals surface area contributed by atoms with E-state index < -0.39 is 10.5 Å². The van der Waals surface area contributed by atoms with Crippen LogP contribution in [0.5, 0.6) is 0 Å². The van der Waals surface area contributed by atoms with Crippen molar-refractivity contribution in [3.8, 4) is 0 Å². The van der Waals surface area contributed by atoms with E-state index in [0.717, 1.165) is 10.8 Å². The Morgan fingerprint density at radius 2 is 1.05 bits per heavy atom. The number of rotatable bonds is 2. The van der Waals surface area contributed by atoms with Crippen LogP contribution < -0.4 is 0 Å². The van der Waals surface area contributed by atoms with Gasteiger partial charge in [0.25, 0.3) is 10.5 Å². The smallest absolute Gasteiger partial charge is 0.253 e. The largest absolute Gasteiger partial charge is 0.276 e. The molecule has 4 heteroatoms. The fraction of sp³-hybridized carbons (Fsp3) is 0. The lowest BCUT2D eigenvalue weighted by molar-refractivity contribution is 0.107. The van der Waals surface area contributed by atoms with Gasteiger partial charge in [-0.2, -0.15) is 0 Å². The molecular formula is C16H8Cl2O2. The molecule has 0 aliphatic carbocycles. The number of carbonyl (C=O) groups is 2. The summed E-state index contributed by atoms with van der Waals surface area (Å²) >= 11 is 11.3. The zero-order valence-corrected chi connectivity index (χ0v) is 11.7. The van der Waals surface area contributed by atoms with Crippen molar-refractivity contribution in [3.05, 3.63) is 59.7 Å². The van der Waals surface area contributed by atoms with E-state index in [2.05, 4.69) is 0 Å². The number of benzene rings is 3. The standard InChI is InChI=1S/C16H8Cl2O2/c17-15(19)11-5-1-3-9-7-8-10-4-2-6-12(16(18)20)14(10)13(9)11/h1-8H. The summed E-state index contributed by atoms with van der Waals surface area (Å²) in [5.41, 5.74) is 0.750. The first kappa shape index (κ1) is 13.1. The van der Waals surface area contributed by atoms with E-state index in [1.807, 2.05) is 24.3 Å². The monoisotopic (exact) mass is 302 g/mol. The van der Waals surface area contributed by atoms with Gasteiger partial charge in [0.1, 0.15) is 0 Å². The van der Waals surface area contributed by atoms with Crippen molar-refractivity contribution < 1.29 is 9.59 Å². The molecular weight excluding hydrogens is 295 g/mol. The van der Waals surface area contributed by atoms with Crippen molar-refractivity contribution in [2.45, 2.75) is 0 Å². The number of carbonyl (C=O) groups excluding carboxylic acids is 2. The number of halogens is 2. The minimum Gasteiger partial charge on any atom is -0.276 e. The van der Waals surface area contributed by atoms with Gasteiger partial charge in [0, 0.05) is 21.9 Å². The van der Waals surface area contributed by atoms with Crippen molar-refractivity contribution >= 4 is 55.2 Å². The number of hydrogen-bond donors (Lipinski definition) is 0. The lowest BCUT2D eigenvalue weighted by atomic mass is 9.95. The van der Waals surface area contributed by atoms with Gasteiger partial charge < -0.3 is 0 Å². The summed E-state index contributed by atoms with van der Waals surface area (Å²) in [5, 5.41) is 1.90. The molecule has 3 aromatic carbocycles. The molecule has 0 fully saturated rings. The van der Waals surface area contributed by atoms with Crippen LogP contribution >= 0.6 is 23.2 Å². The third kappa shape index (κ3) is 1.98. The molecule has 0 saturated carbocycles. The molecule has 0 aliphatic rings. The Balaban J connectivity index is 2.63. The molecule has 0 aromatic heterocycles. The molecule has 3 aromatic rings. The Bertz CT molecular complexity index is 796. The van der Waals surface area contributed by atoms with Crippen LogP contribution in [0.2, 0.25) is 0 Å². The quantitative estimate of drug-likeness (QED) is 0.505. The van der Waals surface area contributed by atoms with E-state index in [1.165, 1.54) is 0 Å². The van der Waals surface area contributed by atoms with Crippen LogP contribution in [0.4, 0.5) is 0 Å². The maximum Gasteiger partial charge on any atom is 0.253 e. The Morgan fingerprint density at radius 3 is 1.40 bits per heavy atom. The summed E-state index contributed by atoms with van der Waals surface area (Å²) in [6, 6.07) is 14.3. The van der Waals surface area contributed by atoms with Crippen LogP contribution in [-0.4, -0.2) is 10.5 Å². The number of hydrogen-bond acceptors (Lipinski definition) is 2. The van der Waals surface area contributed by atoms with Crippen LogP contribution in [0, 0.1) is 0 Å². The highest BCUT2D eigenvalue weighted by Crippen LogP contribution is 2.32. The Labute approximate surface area is 124 Å². The summed E-state index contributed by atoms with van der Waals surface area (Å²) in [5.74, 6) is 0. The first-order valence-corrected chi connectivity index (χ1v) is 6.69. The van der Waals surface area contributed by atoms with E-state index >= 15 is 0 Å². The molecule has 0 unspecified atom stereocenters. The van der Waals surface area contributed by atoms with E-state index in [9.17, 15) is 9.59 Å². The fourth-order valence-electron chi connectivity index (χ4n) is 2.48. The minimum absolute atomic E-state index is 0.375. The van der Waals surface area contributed by atoms with Crippen molar-refractivity contribution in [1.29, 1.82) is 0 Å². The number of fused-ring (bicyclic) bond motifs is 3. The fourth-order valence-corrected chi connectivity index (χ4v) is 2.80. The molecule has 0 atom stereocenters. The Morgan fingerprint density at radius 1 is 0.650 bits per heavy atom. The molecule has 20 heavy (non-hydrogen) atoms. The van der Waals surface area contributed by atoms with Gasteiger partial charge in [-0.1, -0.05) is 36.4 Å². The minimum atomic E-state index is -0.556. The van der Waals surface area contributed by atoms with Crippen molar-refractivity contribution in [2.75, 3.05) is 0 Å². The molecule has 0 radical (unpaired) electrons. The third-order valence-corrected chi connectivity index (χ3v) is 3.72. The highest BCUT2D eigenvalue weighted by atomic mass is 35.5. The lowest BCUT2D eigenvalue weighted by Crippen LogP contribution is -1.96. The molecule has 98 valence electrons. The Kier molecular flexibility index (Phi) is 3.20. The molecule has 3 rings (SSSR count). The van der Waals surface area contributed by atoms with Gasteiger partial charge in [0.2, 0.25) is 0 Å². The van der Waals surface area contributed by atoms with Crippen LogP contribution in [0.1, 0.15) is 20.7 Å². The maximum absolute atomic E-state index is 11.6. The highest BCUT2D eigenvalue weighted by molar-refractivity contribution is 6.70. The molecule has 0 amide bonds. The predicted molar refractivity (Wildman–Crippen MR) is 81.8 cm³/mol. The van der Waals surface area contributed by atoms with Crippen molar-refractivity contribution in [3.63, 3.8) is 0 Å². The summed E-state index contributed by atoms with van der Waals surface area (Å²) in [7, 11) is 0. The summed E-state index contributed by atoms with van der Waals surface area (Å²) in [6.45, 7) is 0. The first-order valence-electron chi connectivity index (χ1n) is 5.93. The molecule has 0 saturated heterocycles. The summed E-state index contributed by atoms with van der Waals surface area (Å²) in [6.07, 6.45) is 0. The average molecular weight is 303 g/mol. The van der Waals surface area contributed by atoms with E-state index in [0.29, 0.717) is 21.9 Å². The van der Waals surface area contributed by atoms with Gasteiger partial charge in [-0.25, -0.2) is 0 Å². The third-order valence-electron chi connectivity index (χ3n) is 3.31. The molecule has 0 heterocycles. The maximum atomic E-state index is 11.6. The van der Waals surface area contributed by atoms with Gasteiger partial charge in [0.15, 0.2) is 0 Å². The van der Waals surface area contributed by atoms with Gasteiger partial charge in [-0.3, -0.25) is 9.59 Å². The average Bonchev–Trinajstić information content (AvgIpc) is 2.45. The van der Waals surface area contributed by atoms with Gasteiger partial charge >= 0.3 is 0 Å². The molecule has 2 nitrogen and oxygen atoms in total. The zero-order chi connectivity index (χ0) is 14.3. The summed E-state index contributed by atoms with van der Waals surface area (Å²) in [4.78, 5) is 23.3. The van der Waals surface area contributed by atoms with E-state index in [1.54, 1.807) is 24.3 Å². The topological polar surface area (TPSA) is 34.1 Å². The van der Waals surface area contributed by atoms with Gasteiger partial charge in [0.05, 0.1) is 0 Å². The molecule has 0 spiro atoms. The first-order chi connectivity index (χ1) is 9.59. The molecule has 0 N–H and O–H groups in total. The molecule has 0 aliphatic heterocycles. The van der Waals surface area contributed by atoms with Crippen LogP contribution in [-0.2, 0) is 0 Å². The SMILES string of the molecule is O=C(Cl)c1cccc2ccc3cccc(C(=O)Cl)c3c12. The van der Waals surface area contributed by atoms with Gasteiger partial charge in [-0.05, 0) is 46.1 Å². The highest BCUT2D eigenvalue weighted by Gasteiger charge is 2.15. The van der Waals surface area contributed by atoms with Crippen LogP contribution in [0.3, 0.4) is 0 Å². The zero-order valence-electron chi connectivity index (χ0n) is 10.2. The van der Waals surface area contributed by atoms with E-state index in [-0.39, 0.29) is 0 Å². The van der Waals surface area contributed by atoms with Crippen LogP contribution in [0.15, 0.2) is 48.5 Å². The van der Waals surface area contributed by atoms with Crippen molar-refractivity contribution in [2.24, 2.45) is 0 Å².